The summed E-state index contributed by atoms with van der Waals surface area (Å²) in [6.07, 6.45) is 5.10. The van der Waals surface area contributed by atoms with Crippen LogP contribution in [0.4, 0.5) is 10.1 Å². The van der Waals surface area contributed by atoms with Gasteiger partial charge in [-0.25, -0.2) is 9.18 Å². The summed E-state index contributed by atoms with van der Waals surface area (Å²) < 4.78 is 16.3. The SMILES string of the molecule is CCCN[C@H]1CCN(c2c(F)cn3c(=O)c(C(=O)O)cc(C4CC4)c3c2C)C1. The predicted octanol–water partition coefficient (Wildman–Crippen LogP) is 2.90. The minimum atomic E-state index is -1.27. The van der Waals surface area contributed by atoms with E-state index >= 15 is 4.39 Å². The van der Waals surface area contributed by atoms with E-state index in [1.165, 1.54) is 16.7 Å². The molecule has 2 aliphatic rings. The third kappa shape index (κ3) is 3.17. The van der Waals surface area contributed by atoms with Crippen molar-refractivity contribution in [1.29, 1.82) is 0 Å². The predicted molar refractivity (Wildman–Crippen MR) is 106 cm³/mol. The first-order valence-electron chi connectivity index (χ1n) is 10.0. The van der Waals surface area contributed by atoms with Crippen molar-refractivity contribution < 1.29 is 14.3 Å². The lowest BCUT2D eigenvalue weighted by atomic mass is 10.0. The maximum Gasteiger partial charge on any atom is 0.341 e. The zero-order chi connectivity index (χ0) is 20.0. The van der Waals surface area contributed by atoms with Gasteiger partial charge < -0.3 is 15.3 Å². The van der Waals surface area contributed by atoms with Crippen molar-refractivity contribution in [3.63, 3.8) is 0 Å². The Bertz CT molecular complexity index is 997. The van der Waals surface area contributed by atoms with Crippen LogP contribution >= 0.6 is 0 Å². The highest BCUT2D eigenvalue weighted by Gasteiger charge is 2.32. The molecule has 0 bridgehead atoms. The number of anilines is 1. The van der Waals surface area contributed by atoms with Crippen LogP contribution < -0.4 is 15.8 Å². The highest BCUT2D eigenvalue weighted by atomic mass is 19.1. The van der Waals surface area contributed by atoms with Gasteiger partial charge in [-0.1, -0.05) is 6.92 Å². The molecule has 150 valence electrons. The molecule has 1 aliphatic heterocycles. The Kier molecular flexibility index (Phi) is 4.87. The molecule has 0 spiro atoms. The molecule has 6 nitrogen and oxygen atoms in total. The summed E-state index contributed by atoms with van der Waals surface area (Å²) in [6.45, 7) is 6.38. The second kappa shape index (κ2) is 7.20. The molecule has 1 atom stereocenters. The summed E-state index contributed by atoms with van der Waals surface area (Å²) in [6, 6.07) is 1.83. The van der Waals surface area contributed by atoms with Crippen molar-refractivity contribution in [2.24, 2.45) is 0 Å². The van der Waals surface area contributed by atoms with Crippen LogP contribution in [-0.2, 0) is 0 Å². The van der Waals surface area contributed by atoms with Crippen LogP contribution in [0, 0.1) is 12.7 Å². The minimum Gasteiger partial charge on any atom is -0.477 e. The maximum atomic E-state index is 15.1. The van der Waals surface area contributed by atoms with Crippen molar-refractivity contribution in [3.8, 4) is 0 Å². The number of hydrogen-bond donors (Lipinski definition) is 2. The smallest absolute Gasteiger partial charge is 0.341 e. The molecule has 2 aromatic heterocycles. The Labute approximate surface area is 163 Å². The highest BCUT2D eigenvalue weighted by Crippen LogP contribution is 2.44. The number of hydrogen-bond acceptors (Lipinski definition) is 4. The van der Waals surface area contributed by atoms with Gasteiger partial charge in [0.15, 0.2) is 5.82 Å². The van der Waals surface area contributed by atoms with Crippen LogP contribution in [0.25, 0.3) is 5.52 Å². The number of carboxylic acid groups (broad SMARTS) is 1. The molecule has 4 rings (SSSR count). The van der Waals surface area contributed by atoms with Crippen molar-refractivity contribution in [2.75, 3.05) is 24.5 Å². The molecule has 0 unspecified atom stereocenters. The number of aryl methyl sites for hydroxylation is 1. The largest absolute Gasteiger partial charge is 0.477 e. The molecule has 2 aromatic rings. The van der Waals surface area contributed by atoms with Gasteiger partial charge in [-0.3, -0.25) is 9.20 Å². The molecule has 1 saturated heterocycles. The normalized spacial score (nSPS) is 19.5. The Morgan fingerprint density at radius 1 is 1.36 bits per heavy atom. The highest BCUT2D eigenvalue weighted by molar-refractivity contribution is 5.89. The van der Waals surface area contributed by atoms with Gasteiger partial charge in [-0.05, 0) is 62.3 Å². The monoisotopic (exact) mass is 387 g/mol. The van der Waals surface area contributed by atoms with Crippen LogP contribution in [0.5, 0.6) is 0 Å². The standard InChI is InChI=1S/C21H26FN3O3/c1-3-7-23-14-6-8-24(10-14)19-12(2)18-15(13-4-5-13)9-16(21(27)28)20(26)25(18)11-17(19)22/h9,11,13-14,23H,3-8,10H2,1-2H3,(H,27,28)/t14-/m0/s1. The number of nitrogens with zero attached hydrogens (tertiary/aromatic N) is 2. The molecule has 2 N–H and O–H groups in total. The molecule has 1 aliphatic carbocycles. The first-order chi connectivity index (χ1) is 13.4. The van der Waals surface area contributed by atoms with E-state index in [0.717, 1.165) is 50.9 Å². The van der Waals surface area contributed by atoms with E-state index in [0.29, 0.717) is 22.8 Å². The fourth-order valence-corrected chi connectivity index (χ4v) is 4.37. The molecule has 1 saturated carbocycles. The second-order valence-corrected chi connectivity index (χ2v) is 7.95. The lowest BCUT2D eigenvalue weighted by Crippen LogP contribution is -2.33. The first-order valence-corrected chi connectivity index (χ1v) is 10.0. The summed E-state index contributed by atoms with van der Waals surface area (Å²) >= 11 is 0. The number of halogens is 1. The molecule has 28 heavy (non-hydrogen) atoms. The average molecular weight is 387 g/mol. The molecule has 0 aromatic carbocycles. The summed E-state index contributed by atoms with van der Waals surface area (Å²) in [5, 5.41) is 12.9. The van der Waals surface area contributed by atoms with E-state index in [2.05, 4.69) is 12.2 Å². The molecular weight excluding hydrogens is 361 g/mol. The van der Waals surface area contributed by atoms with Crippen LogP contribution in [0.1, 0.15) is 60.0 Å². The Balaban J connectivity index is 1.84. The van der Waals surface area contributed by atoms with Crippen LogP contribution in [0.2, 0.25) is 0 Å². The fraction of sp³-hybridized carbons (Fsp3) is 0.524. The fourth-order valence-electron chi connectivity index (χ4n) is 4.37. The minimum absolute atomic E-state index is 0.239. The van der Waals surface area contributed by atoms with Crippen molar-refractivity contribution in [1.82, 2.24) is 9.72 Å². The molecular formula is C21H26FN3O3. The van der Waals surface area contributed by atoms with Gasteiger partial charge in [0.25, 0.3) is 5.56 Å². The molecule has 3 heterocycles. The maximum absolute atomic E-state index is 15.1. The van der Waals surface area contributed by atoms with Crippen molar-refractivity contribution in [3.05, 3.63) is 45.1 Å². The lowest BCUT2D eigenvalue weighted by molar-refractivity contribution is 0.0694. The van der Waals surface area contributed by atoms with Gasteiger partial charge >= 0.3 is 5.97 Å². The van der Waals surface area contributed by atoms with Crippen molar-refractivity contribution >= 4 is 17.2 Å². The van der Waals surface area contributed by atoms with Gasteiger partial charge in [0.2, 0.25) is 0 Å². The van der Waals surface area contributed by atoms with Gasteiger partial charge in [0.1, 0.15) is 5.56 Å². The number of carboxylic acids is 1. The van der Waals surface area contributed by atoms with E-state index in [-0.39, 0.29) is 11.5 Å². The lowest BCUT2D eigenvalue weighted by Gasteiger charge is -2.24. The van der Waals surface area contributed by atoms with Gasteiger partial charge in [0, 0.05) is 19.1 Å². The third-order valence-electron chi connectivity index (χ3n) is 5.88. The summed E-state index contributed by atoms with van der Waals surface area (Å²) in [4.78, 5) is 26.2. The Morgan fingerprint density at radius 2 is 2.11 bits per heavy atom. The molecule has 2 fully saturated rings. The average Bonchev–Trinajstić information content (AvgIpc) is 3.39. The van der Waals surface area contributed by atoms with E-state index < -0.39 is 17.3 Å². The number of fused-ring (bicyclic) bond motifs is 1. The van der Waals surface area contributed by atoms with E-state index in [1.54, 1.807) is 0 Å². The van der Waals surface area contributed by atoms with Crippen LogP contribution in [0.3, 0.4) is 0 Å². The van der Waals surface area contributed by atoms with Gasteiger partial charge in [0.05, 0.1) is 17.4 Å². The third-order valence-corrected chi connectivity index (χ3v) is 5.88. The second-order valence-electron chi connectivity index (χ2n) is 7.95. The Hall–Kier alpha value is -2.41. The molecule has 0 amide bonds. The number of aromatic nitrogens is 1. The number of rotatable bonds is 6. The van der Waals surface area contributed by atoms with Gasteiger partial charge in [-0.2, -0.15) is 0 Å². The molecule has 7 heteroatoms. The van der Waals surface area contributed by atoms with E-state index in [1.807, 2.05) is 11.8 Å². The summed E-state index contributed by atoms with van der Waals surface area (Å²) in [5.74, 6) is -1.51. The van der Waals surface area contributed by atoms with Crippen molar-refractivity contribution in [2.45, 2.75) is 51.5 Å². The van der Waals surface area contributed by atoms with Crippen LogP contribution in [0.15, 0.2) is 17.1 Å². The van der Waals surface area contributed by atoms with E-state index in [9.17, 15) is 14.7 Å². The topological polar surface area (TPSA) is 74.0 Å². The Morgan fingerprint density at radius 3 is 2.75 bits per heavy atom. The van der Waals surface area contributed by atoms with Crippen LogP contribution in [-0.4, -0.2) is 41.2 Å². The first kappa shape index (κ1) is 18.9. The quantitative estimate of drug-likeness (QED) is 0.797. The number of pyridine rings is 2. The zero-order valence-electron chi connectivity index (χ0n) is 16.3. The number of nitrogens with one attached hydrogen (secondary N) is 1. The zero-order valence-corrected chi connectivity index (χ0v) is 16.3. The number of aromatic carboxylic acids is 1. The summed E-state index contributed by atoms with van der Waals surface area (Å²) in [5.41, 5.74) is 1.78. The molecule has 0 radical (unpaired) electrons. The summed E-state index contributed by atoms with van der Waals surface area (Å²) in [7, 11) is 0. The van der Waals surface area contributed by atoms with E-state index in [4.69, 9.17) is 0 Å². The number of carbonyl (C=O) groups is 1. The van der Waals surface area contributed by atoms with Gasteiger partial charge in [-0.15, -0.1) is 0 Å².